The third kappa shape index (κ3) is 52.9. The molecule has 0 rings (SSSR count). The van der Waals surface area contributed by atoms with Crippen molar-refractivity contribution in [2.75, 3.05) is 13.2 Å². The zero-order valence-electron chi connectivity index (χ0n) is 44.5. The Hall–Kier alpha value is -2.11. The largest absolute Gasteiger partial charge is 0.462 e. The Balaban J connectivity index is 4.32. The number of hydrogen-bond donors (Lipinski definition) is 0. The van der Waals surface area contributed by atoms with Gasteiger partial charge in [-0.1, -0.05) is 276 Å². The van der Waals surface area contributed by atoms with Crippen LogP contribution in [0.25, 0.3) is 0 Å². The van der Waals surface area contributed by atoms with Gasteiger partial charge in [0.1, 0.15) is 13.2 Å². The summed E-state index contributed by atoms with van der Waals surface area (Å²) >= 11 is 0. The number of hydrogen-bond acceptors (Lipinski definition) is 6. The summed E-state index contributed by atoms with van der Waals surface area (Å²) in [6, 6.07) is 0. The van der Waals surface area contributed by atoms with Crippen LogP contribution in [-0.2, 0) is 28.6 Å². The summed E-state index contributed by atoms with van der Waals surface area (Å²) < 4.78 is 16.9. The Kier molecular flexibility index (Phi) is 53.7. The van der Waals surface area contributed by atoms with Gasteiger partial charge in [-0.25, -0.2) is 0 Å². The minimum absolute atomic E-state index is 0.0689. The zero-order chi connectivity index (χ0) is 47.9. The maximum absolute atomic E-state index is 12.9. The van der Waals surface area contributed by atoms with Crippen molar-refractivity contribution >= 4 is 17.9 Å². The fourth-order valence-electron chi connectivity index (χ4n) is 8.77. The minimum Gasteiger partial charge on any atom is -0.462 e. The van der Waals surface area contributed by atoms with Gasteiger partial charge in [-0.05, 0) is 51.4 Å². The molecule has 1 unspecified atom stereocenters. The van der Waals surface area contributed by atoms with E-state index in [9.17, 15) is 14.4 Å². The average molecular weight is 930 g/mol. The molecule has 0 bridgehead atoms. The van der Waals surface area contributed by atoms with Crippen LogP contribution in [0.4, 0.5) is 0 Å². The molecule has 0 aliphatic rings. The Labute approximate surface area is 411 Å². The molecule has 0 aromatic carbocycles. The third-order valence-electron chi connectivity index (χ3n) is 13.2. The van der Waals surface area contributed by atoms with Crippen LogP contribution in [0.5, 0.6) is 0 Å². The van der Waals surface area contributed by atoms with E-state index in [1.807, 2.05) is 0 Å². The van der Waals surface area contributed by atoms with Gasteiger partial charge in [0, 0.05) is 19.3 Å². The quantitative estimate of drug-likeness (QED) is 0.0262. The highest BCUT2D eigenvalue weighted by Crippen LogP contribution is 2.17. The lowest BCUT2D eigenvalue weighted by Crippen LogP contribution is -2.30. The first-order chi connectivity index (χ1) is 32.5. The molecule has 66 heavy (non-hydrogen) atoms. The van der Waals surface area contributed by atoms with Crippen molar-refractivity contribution in [1.82, 2.24) is 0 Å². The predicted molar refractivity (Wildman–Crippen MR) is 284 cm³/mol. The van der Waals surface area contributed by atoms with Crippen LogP contribution in [0.2, 0.25) is 0 Å². The number of rotatable bonds is 54. The lowest BCUT2D eigenvalue weighted by atomic mass is 10.0. The molecule has 0 aromatic heterocycles. The van der Waals surface area contributed by atoms with Gasteiger partial charge in [-0.15, -0.1) is 0 Å². The van der Waals surface area contributed by atoms with E-state index in [1.54, 1.807) is 0 Å². The molecule has 6 nitrogen and oxygen atoms in total. The van der Waals surface area contributed by atoms with Crippen molar-refractivity contribution in [2.45, 2.75) is 329 Å². The van der Waals surface area contributed by atoms with Crippen molar-refractivity contribution in [3.8, 4) is 0 Å². The number of esters is 3. The molecule has 6 heteroatoms. The number of allylic oxidation sites excluding steroid dienone is 4. The first-order valence-corrected chi connectivity index (χ1v) is 29.3. The monoisotopic (exact) mass is 929 g/mol. The molecule has 0 spiro atoms. The molecule has 0 saturated carbocycles. The third-order valence-corrected chi connectivity index (χ3v) is 13.2. The second-order valence-corrected chi connectivity index (χ2v) is 19.9. The topological polar surface area (TPSA) is 78.9 Å². The maximum atomic E-state index is 12.9. The SMILES string of the molecule is CCCCC/C=C\C/C=C\CCCCCCCCCC(=O)OC(COC(=O)CCCCCCCCCCCCCCC)COC(=O)CCCCCCCCCCCCCCCCCCCC. The van der Waals surface area contributed by atoms with E-state index in [1.165, 1.54) is 212 Å². The molecule has 0 aromatic rings. The highest BCUT2D eigenvalue weighted by Gasteiger charge is 2.19. The summed E-state index contributed by atoms with van der Waals surface area (Å²) in [5, 5.41) is 0. The van der Waals surface area contributed by atoms with E-state index in [-0.39, 0.29) is 31.1 Å². The number of carbonyl (C=O) groups excluding carboxylic acids is 3. The molecule has 0 radical (unpaired) electrons. The standard InChI is InChI=1S/C60H112O6/c1-4-7-10-13-16-19-22-25-27-29-31-32-35-38-41-44-47-50-53-59(62)65-56-57(55-64-58(61)52-49-46-43-40-37-34-24-21-18-15-12-9-6-3)66-60(63)54-51-48-45-42-39-36-33-30-28-26-23-20-17-14-11-8-5-2/h17,20,26,28,57H,4-16,18-19,21-25,27,29-56H2,1-3H3/b20-17-,28-26-. The van der Waals surface area contributed by atoms with Crippen LogP contribution >= 0.6 is 0 Å². The zero-order valence-corrected chi connectivity index (χ0v) is 44.5. The molecule has 388 valence electrons. The lowest BCUT2D eigenvalue weighted by molar-refractivity contribution is -0.167. The normalized spacial score (nSPS) is 12.1. The Bertz CT molecular complexity index is 1070. The average Bonchev–Trinajstić information content (AvgIpc) is 3.31. The number of unbranched alkanes of at least 4 members (excludes halogenated alkanes) is 39. The molecule has 0 heterocycles. The van der Waals surface area contributed by atoms with E-state index >= 15 is 0 Å². The molecule has 0 fully saturated rings. The fourth-order valence-corrected chi connectivity index (χ4v) is 8.77. The summed E-state index contributed by atoms with van der Waals surface area (Å²) in [5.74, 6) is -0.854. The summed E-state index contributed by atoms with van der Waals surface area (Å²) in [6.45, 7) is 6.66. The molecule has 0 saturated heterocycles. The van der Waals surface area contributed by atoms with E-state index in [0.717, 1.165) is 70.6 Å². The van der Waals surface area contributed by atoms with Crippen LogP contribution in [0.3, 0.4) is 0 Å². The second kappa shape index (κ2) is 55.5. The van der Waals surface area contributed by atoms with Crippen LogP contribution in [0, 0.1) is 0 Å². The predicted octanol–water partition coefficient (Wildman–Crippen LogP) is 19.5. The first-order valence-electron chi connectivity index (χ1n) is 29.3. The van der Waals surface area contributed by atoms with Gasteiger partial charge in [-0.2, -0.15) is 0 Å². The van der Waals surface area contributed by atoms with Crippen molar-refractivity contribution in [1.29, 1.82) is 0 Å². The summed E-state index contributed by atoms with van der Waals surface area (Å²) in [6.07, 6.45) is 64.5. The highest BCUT2D eigenvalue weighted by atomic mass is 16.6. The van der Waals surface area contributed by atoms with Gasteiger partial charge in [-0.3, -0.25) is 14.4 Å². The van der Waals surface area contributed by atoms with Gasteiger partial charge < -0.3 is 14.2 Å². The van der Waals surface area contributed by atoms with Gasteiger partial charge in [0.2, 0.25) is 0 Å². The van der Waals surface area contributed by atoms with Gasteiger partial charge in [0.15, 0.2) is 6.10 Å². The molecule has 0 aliphatic carbocycles. The Morgan fingerprint density at radius 3 is 0.864 bits per heavy atom. The van der Waals surface area contributed by atoms with E-state index in [2.05, 4.69) is 45.1 Å². The van der Waals surface area contributed by atoms with E-state index in [0.29, 0.717) is 19.3 Å². The van der Waals surface area contributed by atoms with Crippen molar-refractivity contribution in [3.05, 3.63) is 24.3 Å². The minimum atomic E-state index is -0.770. The second-order valence-electron chi connectivity index (χ2n) is 19.9. The van der Waals surface area contributed by atoms with Crippen LogP contribution in [-0.4, -0.2) is 37.2 Å². The molecule has 0 aliphatic heterocycles. The van der Waals surface area contributed by atoms with Crippen LogP contribution < -0.4 is 0 Å². The fraction of sp³-hybridized carbons (Fsp3) is 0.883. The summed E-state index contributed by atoms with van der Waals surface area (Å²) in [7, 11) is 0. The molecular weight excluding hydrogens is 817 g/mol. The first kappa shape index (κ1) is 63.9. The lowest BCUT2D eigenvalue weighted by Gasteiger charge is -2.18. The highest BCUT2D eigenvalue weighted by molar-refractivity contribution is 5.71. The van der Waals surface area contributed by atoms with Crippen molar-refractivity contribution < 1.29 is 28.6 Å². The molecular formula is C60H112O6. The van der Waals surface area contributed by atoms with Crippen molar-refractivity contribution in [3.63, 3.8) is 0 Å². The van der Waals surface area contributed by atoms with Crippen LogP contribution in [0.15, 0.2) is 24.3 Å². The Morgan fingerprint density at radius 1 is 0.303 bits per heavy atom. The molecule has 1 atom stereocenters. The van der Waals surface area contributed by atoms with Gasteiger partial charge in [0.05, 0.1) is 0 Å². The van der Waals surface area contributed by atoms with Crippen LogP contribution in [0.1, 0.15) is 323 Å². The Morgan fingerprint density at radius 2 is 0.545 bits per heavy atom. The molecule has 0 N–H and O–H groups in total. The van der Waals surface area contributed by atoms with Gasteiger partial charge >= 0.3 is 17.9 Å². The van der Waals surface area contributed by atoms with E-state index < -0.39 is 6.10 Å². The smallest absolute Gasteiger partial charge is 0.306 e. The number of ether oxygens (including phenoxy) is 3. The number of carbonyl (C=O) groups is 3. The summed E-state index contributed by atoms with van der Waals surface area (Å²) in [4.78, 5) is 38.1. The van der Waals surface area contributed by atoms with Crippen molar-refractivity contribution in [2.24, 2.45) is 0 Å². The van der Waals surface area contributed by atoms with E-state index in [4.69, 9.17) is 14.2 Å². The summed E-state index contributed by atoms with van der Waals surface area (Å²) in [5.41, 5.74) is 0. The molecule has 0 amide bonds. The maximum Gasteiger partial charge on any atom is 0.306 e. The van der Waals surface area contributed by atoms with Gasteiger partial charge in [0.25, 0.3) is 0 Å².